The molecule has 1 rings (SSSR count). The SMILES string of the molecule is CCC(C)(NC(=O)C1(CC(C)C)CCCC1)C(N)=NO. The van der Waals surface area contributed by atoms with Crippen LogP contribution in [0.1, 0.15) is 66.2 Å². The third-order valence-corrected chi connectivity index (χ3v) is 4.61. The fraction of sp³-hybridized carbons (Fsp3) is 0.867. The normalized spacial score (nSPS) is 21.8. The Bertz CT molecular complexity index is 373. The van der Waals surface area contributed by atoms with Crippen LogP contribution in [0.25, 0.3) is 0 Å². The summed E-state index contributed by atoms with van der Waals surface area (Å²) in [6.45, 7) is 8.02. The fourth-order valence-corrected chi connectivity index (χ4v) is 3.18. The van der Waals surface area contributed by atoms with Crippen LogP contribution in [0.4, 0.5) is 0 Å². The monoisotopic (exact) mass is 283 g/mol. The minimum atomic E-state index is -0.779. The number of oxime groups is 1. The van der Waals surface area contributed by atoms with Gasteiger partial charge in [-0.3, -0.25) is 4.79 Å². The molecule has 1 aliphatic rings. The first-order valence-corrected chi connectivity index (χ1v) is 7.60. The van der Waals surface area contributed by atoms with Gasteiger partial charge in [0.2, 0.25) is 5.91 Å². The molecule has 0 bridgehead atoms. The molecule has 0 aromatic carbocycles. The highest BCUT2D eigenvalue weighted by molar-refractivity contribution is 5.95. The molecular formula is C15H29N3O2. The predicted molar refractivity (Wildman–Crippen MR) is 80.6 cm³/mol. The largest absolute Gasteiger partial charge is 0.409 e. The Morgan fingerprint density at radius 3 is 2.40 bits per heavy atom. The van der Waals surface area contributed by atoms with Crippen molar-refractivity contribution in [3.05, 3.63) is 0 Å². The molecule has 0 aromatic heterocycles. The average molecular weight is 283 g/mol. The van der Waals surface area contributed by atoms with Crippen LogP contribution in [-0.2, 0) is 4.79 Å². The second kappa shape index (κ2) is 6.46. The second-order valence-electron chi connectivity index (χ2n) is 6.71. The van der Waals surface area contributed by atoms with Gasteiger partial charge in [0, 0.05) is 5.41 Å². The van der Waals surface area contributed by atoms with Crippen molar-refractivity contribution in [2.24, 2.45) is 22.2 Å². The van der Waals surface area contributed by atoms with Gasteiger partial charge in [-0.15, -0.1) is 0 Å². The number of hydrogen-bond donors (Lipinski definition) is 3. The molecule has 1 fully saturated rings. The van der Waals surface area contributed by atoms with Crippen molar-refractivity contribution in [1.29, 1.82) is 0 Å². The number of carbonyl (C=O) groups excluding carboxylic acids is 1. The second-order valence-corrected chi connectivity index (χ2v) is 6.71. The molecule has 4 N–H and O–H groups in total. The van der Waals surface area contributed by atoms with Gasteiger partial charge < -0.3 is 16.3 Å². The van der Waals surface area contributed by atoms with Crippen LogP contribution >= 0.6 is 0 Å². The molecule has 1 saturated carbocycles. The zero-order valence-corrected chi connectivity index (χ0v) is 13.2. The molecule has 0 spiro atoms. The maximum Gasteiger partial charge on any atom is 0.227 e. The summed E-state index contributed by atoms with van der Waals surface area (Å²) in [6, 6.07) is 0. The minimum absolute atomic E-state index is 0.0552. The highest BCUT2D eigenvalue weighted by atomic mass is 16.4. The van der Waals surface area contributed by atoms with E-state index < -0.39 is 5.54 Å². The Morgan fingerprint density at radius 2 is 2.00 bits per heavy atom. The topological polar surface area (TPSA) is 87.7 Å². The van der Waals surface area contributed by atoms with Crippen molar-refractivity contribution in [3.8, 4) is 0 Å². The van der Waals surface area contributed by atoms with Crippen LogP contribution in [0.3, 0.4) is 0 Å². The van der Waals surface area contributed by atoms with E-state index in [1.807, 2.05) is 6.92 Å². The molecule has 5 nitrogen and oxygen atoms in total. The lowest BCUT2D eigenvalue weighted by Gasteiger charge is -2.35. The number of rotatable bonds is 6. The van der Waals surface area contributed by atoms with Crippen LogP contribution in [0.2, 0.25) is 0 Å². The Kier molecular flexibility index (Phi) is 5.42. The van der Waals surface area contributed by atoms with E-state index in [0.717, 1.165) is 32.1 Å². The quantitative estimate of drug-likeness (QED) is 0.303. The van der Waals surface area contributed by atoms with Crippen LogP contribution < -0.4 is 11.1 Å². The molecule has 116 valence electrons. The fourth-order valence-electron chi connectivity index (χ4n) is 3.18. The first kappa shape index (κ1) is 16.8. The van der Waals surface area contributed by atoms with E-state index in [1.54, 1.807) is 6.92 Å². The van der Waals surface area contributed by atoms with E-state index in [4.69, 9.17) is 10.9 Å². The summed E-state index contributed by atoms with van der Waals surface area (Å²) in [5.74, 6) is 0.598. The van der Waals surface area contributed by atoms with E-state index in [-0.39, 0.29) is 17.2 Å². The summed E-state index contributed by atoms with van der Waals surface area (Å²) < 4.78 is 0. The van der Waals surface area contributed by atoms with Gasteiger partial charge in [0.15, 0.2) is 5.84 Å². The number of nitrogens with zero attached hydrogens (tertiary/aromatic N) is 1. The van der Waals surface area contributed by atoms with Crippen LogP contribution in [0.15, 0.2) is 5.16 Å². The number of hydrogen-bond acceptors (Lipinski definition) is 3. The summed E-state index contributed by atoms with van der Waals surface area (Å²) >= 11 is 0. The molecule has 1 aliphatic carbocycles. The summed E-state index contributed by atoms with van der Waals surface area (Å²) in [5.41, 5.74) is 4.68. The van der Waals surface area contributed by atoms with E-state index in [1.165, 1.54) is 0 Å². The van der Waals surface area contributed by atoms with E-state index in [2.05, 4.69) is 24.3 Å². The molecule has 5 heteroatoms. The third-order valence-electron chi connectivity index (χ3n) is 4.61. The van der Waals surface area contributed by atoms with Gasteiger partial charge in [-0.25, -0.2) is 0 Å². The molecule has 0 aromatic rings. The molecule has 0 aliphatic heterocycles. The van der Waals surface area contributed by atoms with E-state index in [0.29, 0.717) is 12.3 Å². The highest BCUT2D eigenvalue weighted by Crippen LogP contribution is 2.43. The molecular weight excluding hydrogens is 254 g/mol. The number of carbonyl (C=O) groups is 1. The van der Waals surface area contributed by atoms with E-state index >= 15 is 0 Å². The number of nitrogens with one attached hydrogen (secondary N) is 1. The van der Waals surface area contributed by atoms with E-state index in [9.17, 15) is 4.79 Å². The van der Waals surface area contributed by atoms with Crippen molar-refractivity contribution >= 4 is 11.7 Å². The van der Waals surface area contributed by atoms with Crippen molar-refractivity contribution in [3.63, 3.8) is 0 Å². The average Bonchev–Trinajstić information content (AvgIpc) is 2.86. The van der Waals surface area contributed by atoms with Crippen molar-refractivity contribution in [2.75, 3.05) is 0 Å². The van der Waals surface area contributed by atoms with Gasteiger partial charge in [0.1, 0.15) is 0 Å². The zero-order valence-electron chi connectivity index (χ0n) is 13.2. The Labute approximate surface area is 122 Å². The maximum absolute atomic E-state index is 12.8. The van der Waals surface area contributed by atoms with Crippen molar-refractivity contribution in [2.45, 2.75) is 71.8 Å². The van der Waals surface area contributed by atoms with Crippen molar-refractivity contribution in [1.82, 2.24) is 5.32 Å². The lowest BCUT2D eigenvalue weighted by Crippen LogP contribution is -2.58. The Balaban J connectivity index is 2.91. The molecule has 1 unspecified atom stereocenters. The molecule has 1 atom stereocenters. The summed E-state index contributed by atoms with van der Waals surface area (Å²) in [6.07, 6.45) is 5.57. The summed E-state index contributed by atoms with van der Waals surface area (Å²) in [5, 5.41) is 15.0. The molecule has 20 heavy (non-hydrogen) atoms. The Hall–Kier alpha value is -1.26. The van der Waals surface area contributed by atoms with Crippen LogP contribution in [0.5, 0.6) is 0 Å². The third kappa shape index (κ3) is 3.44. The Morgan fingerprint density at radius 1 is 1.45 bits per heavy atom. The van der Waals surface area contributed by atoms with Crippen molar-refractivity contribution < 1.29 is 10.0 Å². The van der Waals surface area contributed by atoms with Gasteiger partial charge in [-0.2, -0.15) is 0 Å². The van der Waals surface area contributed by atoms with Gasteiger partial charge in [-0.05, 0) is 38.5 Å². The first-order chi connectivity index (χ1) is 9.29. The lowest BCUT2D eigenvalue weighted by molar-refractivity contribution is -0.133. The maximum atomic E-state index is 12.8. The van der Waals surface area contributed by atoms with Crippen LogP contribution in [0, 0.1) is 11.3 Å². The summed E-state index contributed by atoms with van der Waals surface area (Å²) in [7, 11) is 0. The molecule has 0 radical (unpaired) electrons. The molecule has 1 amide bonds. The highest BCUT2D eigenvalue weighted by Gasteiger charge is 2.44. The molecule has 0 heterocycles. The summed E-state index contributed by atoms with van der Waals surface area (Å²) in [4.78, 5) is 12.8. The minimum Gasteiger partial charge on any atom is -0.409 e. The number of nitrogens with two attached hydrogens (primary N) is 1. The predicted octanol–water partition coefficient (Wildman–Crippen LogP) is 2.62. The lowest BCUT2D eigenvalue weighted by atomic mass is 9.77. The smallest absolute Gasteiger partial charge is 0.227 e. The van der Waals surface area contributed by atoms with Gasteiger partial charge in [0.05, 0.1) is 5.54 Å². The van der Waals surface area contributed by atoms with Gasteiger partial charge in [0.25, 0.3) is 0 Å². The number of amidine groups is 1. The number of amides is 1. The van der Waals surface area contributed by atoms with Gasteiger partial charge in [-0.1, -0.05) is 38.8 Å². The zero-order chi connectivity index (χ0) is 15.4. The van der Waals surface area contributed by atoms with Gasteiger partial charge >= 0.3 is 0 Å². The standard InChI is InChI=1S/C15H29N3O2/c1-5-14(4,12(16)18-20)17-13(19)15(10-11(2)3)8-6-7-9-15/h11,20H,5-10H2,1-4H3,(H2,16,18)(H,17,19). The van der Waals surface area contributed by atoms with Crippen LogP contribution in [-0.4, -0.2) is 22.5 Å². The first-order valence-electron chi connectivity index (χ1n) is 7.60. The molecule has 0 saturated heterocycles.